The van der Waals surface area contributed by atoms with Crippen molar-refractivity contribution in [3.05, 3.63) is 35.9 Å². The summed E-state index contributed by atoms with van der Waals surface area (Å²) in [6.45, 7) is 3.70. The highest BCUT2D eigenvalue weighted by Gasteiger charge is 2.34. The van der Waals surface area contributed by atoms with E-state index in [2.05, 4.69) is 5.32 Å². The molecule has 0 spiro atoms. The molecule has 0 radical (unpaired) electrons. The van der Waals surface area contributed by atoms with Crippen molar-refractivity contribution in [1.29, 1.82) is 0 Å². The second kappa shape index (κ2) is 4.96. The van der Waals surface area contributed by atoms with Crippen LogP contribution in [0.2, 0.25) is 0 Å². The van der Waals surface area contributed by atoms with Gasteiger partial charge in [-0.2, -0.15) is 0 Å². The summed E-state index contributed by atoms with van der Waals surface area (Å²) in [5.74, 6) is 0.105. The number of carbonyl (C=O) groups excluding carboxylic acids is 1. The maximum Gasteiger partial charge on any atom is 0.230 e. The van der Waals surface area contributed by atoms with E-state index in [0.29, 0.717) is 6.42 Å². The standard InChI is InChI=1S/C14H19NO3S/c1-14(2,11-6-4-3-5-7-11)13(16)15-12-8-9-19(17,18)10-12/h3-7,12H,8-10H2,1-2H3,(H,15,16)/t12-/m0/s1. The van der Waals surface area contributed by atoms with Gasteiger partial charge in [-0.1, -0.05) is 30.3 Å². The predicted octanol–water partition coefficient (Wildman–Crippen LogP) is 1.27. The van der Waals surface area contributed by atoms with Crippen molar-refractivity contribution in [2.75, 3.05) is 11.5 Å². The Balaban J connectivity index is 2.08. The second-order valence-electron chi connectivity index (χ2n) is 5.56. The van der Waals surface area contributed by atoms with Gasteiger partial charge in [0.15, 0.2) is 9.84 Å². The molecule has 1 aliphatic rings. The fraction of sp³-hybridized carbons (Fsp3) is 0.500. The van der Waals surface area contributed by atoms with E-state index in [9.17, 15) is 13.2 Å². The predicted molar refractivity (Wildman–Crippen MR) is 74.7 cm³/mol. The van der Waals surface area contributed by atoms with Gasteiger partial charge >= 0.3 is 0 Å². The minimum atomic E-state index is -2.97. The van der Waals surface area contributed by atoms with Crippen LogP contribution in [0.1, 0.15) is 25.8 Å². The average Bonchev–Trinajstić information content (AvgIpc) is 2.69. The van der Waals surface area contributed by atoms with Gasteiger partial charge in [0.1, 0.15) is 0 Å². The zero-order valence-corrected chi connectivity index (χ0v) is 12.0. The van der Waals surface area contributed by atoms with Crippen molar-refractivity contribution in [2.24, 2.45) is 0 Å². The first-order valence-electron chi connectivity index (χ1n) is 6.38. The van der Waals surface area contributed by atoms with Crippen LogP contribution in [0.3, 0.4) is 0 Å². The maximum atomic E-state index is 12.3. The molecule has 1 N–H and O–H groups in total. The van der Waals surface area contributed by atoms with Crippen LogP contribution in [0.15, 0.2) is 30.3 Å². The number of hydrogen-bond donors (Lipinski definition) is 1. The van der Waals surface area contributed by atoms with Crippen molar-refractivity contribution in [3.8, 4) is 0 Å². The second-order valence-corrected chi connectivity index (χ2v) is 7.79. The lowest BCUT2D eigenvalue weighted by Gasteiger charge is -2.26. The zero-order valence-electron chi connectivity index (χ0n) is 11.2. The quantitative estimate of drug-likeness (QED) is 0.907. The van der Waals surface area contributed by atoms with Crippen molar-refractivity contribution in [3.63, 3.8) is 0 Å². The van der Waals surface area contributed by atoms with Gasteiger partial charge in [0.2, 0.25) is 5.91 Å². The fourth-order valence-electron chi connectivity index (χ4n) is 2.26. The molecule has 1 amide bonds. The molecule has 0 aliphatic carbocycles. The van der Waals surface area contributed by atoms with Crippen LogP contribution in [-0.2, 0) is 20.0 Å². The molecule has 19 heavy (non-hydrogen) atoms. The third-order valence-corrected chi connectivity index (χ3v) is 5.40. The first-order valence-corrected chi connectivity index (χ1v) is 8.20. The van der Waals surface area contributed by atoms with Gasteiger partial charge in [-0.25, -0.2) is 8.42 Å². The van der Waals surface area contributed by atoms with Crippen LogP contribution in [0.5, 0.6) is 0 Å². The van der Waals surface area contributed by atoms with Crippen molar-refractivity contribution in [2.45, 2.75) is 31.7 Å². The molecule has 1 aromatic rings. The van der Waals surface area contributed by atoms with Gasteiger partial charge in [-0.05, 0) is 25.8 Å². The van der Waals surface area contributed by atoms with Crippen molar-refractivity contribution >= 4 is 15.7 Å². The Morgan fingerprint density at radius 1 is 1.26 bits per heavy atom. The smallest absolute Gasteiger partial charge is 0.230 e. The third kappa shape index (κ3) is 3.15. The molecule has 1 atom stereocenters. The minimum absolute atomic E-state index is 0.0591. The number of benzene rings is 1. The molecule has 0 unspecified atom stereocenters. The first-order chi connectivity index (χ1) is 8.81. The molecule has 0 aromatic heterocycles. The molecule has 5 heteroatoms. The lowest BCUT2D eigenvalue weighted by atomic mass is 9.83. The monoisotopic (exact) mass is 281 g/mol. The van der Waals surface area contributed by atoms with Crippen LogP contribution in [-0.4, -0.2) is 31.9 Å². The highest BCUT2D eigenvalue weighted by Crippen LogP contribution is 2.24. The Morgan fingerprint density at radius 2 is 1.89 bits per heavy atom. The summed E-state index contributed by atoms with van der Waals surface area (Å²) in [5, 5.41) is 2.86. The molecule has 4 nitrogen and oxygen atoms in total. The topological polar surface area (TPSA) is 63.2 Å². The molecule has 0 saturated carbocycles. The molecule has 104 valence electrons. The lowest BCUT2D eigenvalue weighted by molar-refractivity contribution is -0.126. The summed E-state index contributed by atoms with van der Waals surface area (Å²) in [4.78, 5) is 12.3. The van der Waals surface area contributed by atoms with Crippen molar-refractivity contribution in [1.82, 2.24) is 5.32 Å². The van der Waals surface area contributed by atoms with Crippen LogP contribution in [0.4, 0.5) is 0 Å². The Kier molecular flexibility index (Phi) is 3.67. The largest absolute Gasteiger partial charge is 0.352 e. The molecule has 1 fully saturated rings. The van der Waals surface area contributed by atoms with Gasteiger partial charge in [-0.15, -0.1) is 0 Å². The minimum Gasteiger partial charge on any atom is -0.352 e. The molecule has 1 aliphatic heterocycles. The normalized spacial score (nSPS) is 22.1. The van der Waals surface area contributed by atoms with Crippen LogP contribution < -0.4 is 5.32 Å². The van der Waals surface area contributed by atoms with E-state index >= 15 is 0 Å². The van der Waals surface area contributed by atoms with Gasteiger partial charge in [0.05, 0.1) is 16.9 Å². The maximum absolute atomic E-state index is 12.3. The summed E-state index contributed by atoms with van der Waals surface area (Å²) in [6, 6.07) is 9.26. The molecule has 2 rings (SSSR count). The summed E-state index contributed by atoms with van der Waals surface area (Å²) in [5.41, 5.74) is 0.265. The van der Waals surface area contributed by atoms with Gasteiger partial charge in [0, 0.05) is 6.04 Å². The Bertz CT molecular complexity index is 564. The fourth-order valence-corrected chi connectivity index (χ4v) is 3.93. The number of amides is 1. The van der Waals surface area contributed by atoms with E-state index < -0.39 is 15.3 Å². The number of sulfone groups is 1. The molecular formula is C14H19NO3S. The van der Waals surface area contributed by atoms with Crippen LogP contribution in [0.25, 0.3) is 0 Å². The summed E-state index contributed by atoms with van der Waals surface area (Å²) >= 11 is 0. The zero-order chi connectivity index (χ0) is 14.1. The SMILES string of the molecule is CC(C)(C(=O)N[C@H]1CCS(=O)(=O)C1)c1ccccc1. The molecule has 1 aromatic carbocycles. The van der Waals surface area contributed by atoms with Gasteiger partial charge in [-0.3, -0.25) is 4.79 Å². The highest BCUT2D eigenvalue weighted by molar-refractivity contribution is 7.91. The Labute approximate surface area is 114 Å². The Hall–Kier alpha value is -1.36. The molecule has 1 saturated heterocycles. The molecule has 0 bridgehead atoms. The van der Waals surface area contributed by atoms with Gasteiger partial charge in [0.25, 0.3) is 0 Å². The number of carbonyl (C=O) groups is 1. The molecule has 1 heterocycles. The van der Waals surface area contributed by atoms with E-state index in [1.807, 2.05) is 44.2 Å². The lowest BCUT2D eigenvalue weighted by Crippen LogP contribution is -2.45. The van der Waals surface area contributed by atoms with Gasteiger partial charge < -0.3 is 5.32 Å². The third-order valence-electron chi connectivity index (χ3n) is 3.63. The van der Waals surface area contributed by atoms with Crippen LogP contribution in [0, 0.1) is 0 Å². The molecular weight excluding hydrogens is 262 g/mol. The van der Waals surface area contributed by atoms with E-state index in [1.54, 1.807) is 0 Å². The van der Waals surface area contributed by atoms with E-state index in [4.69, 9.17) is 0 Å². The average molecular weight is 281 g/mol. The summed E-state index contributed by atoms with van der Waals surface area (Å²) < 4.78 is 22.8. The van der Waals surface area contributed by atoms with Crippen molar-refractivity contribution < 1.29 is 13.2 Å². The Morgan fingerprint density at radius 3 is 2.42 bits per heavy atom. The summed E-state index contributed by atoms with van der Waals surface area (Å²) in [6.07, 6.45) is 0.513. The number of nitrogens with one attached hydrogen (secondary N) is 1. The summed E-state index contributed by atoms with van der Waals surface area (Å²) in [7, 11) is -2.97. The first kappa shape index (κ1) is 14.1. The van der Waals surface area contributed by atoms with E-state index in [-0.39, 0.29) is 23.5 Å². The van der Waals surface area contributed by atoms with E-state index in [0.717, 1.165) is 5.56 Å². The number of rotatable bonds is 3. The van der Waals surface area contributed by atoms with Crippen LogP contribution >= 0.6 is 0 Å². The van der Waals surface area contributed by atoms with E-state index in [1.165, 1.54) is 0 Å². The highest BCUT2D eigenvalue weighted by atomic mass is 32.2. The number of hydrogen-bond acceptors (Lipinski definition) is 3.